The van der Waals surface area contributed by atoms with E-state index in [1.165, 1.54) is 6.92 Å². The van der Waals surface area contributed by atoms with Crippen LogP contribution in [0.4, 0.5) is 10.1 Å². The molecule has 1 atom stereocenters. The molecular formula is C12H15FN2O5S. The Balaban J connectivity index is 2.34. The summed E-state index contributed by atoms with van der Waals surface area (Å²) in [5.74, 6) is -1.06. The van der Waals surface area contributed by atoms with Crippen LogP contribution in [-0.2, 0) is 14.8 Å². The van der Waals surface area contributed by atoms with E-state index < -0.39 is 26.5 Å². The number of hydrogen-bond acceptors (Lipinski definition) is 5. The van der Waals surface area contributed by atoms with Crippen molar-refractivity contribution in [1.29, 1.82) is 0 Å². The van der Waals surface area contributed by atoms with E-state index in [2.05, 4.69) is 4.72 Å². The van der Waals surface area contributed by atoms with Crippen molar-refractivity contribution in [2.24, 2.45) is 0 Å². The van der Waals surface area contributed by atoms with Gasteiger partial charge in [0.1, 0.15) is 0 Å². The fourth-order valence-corrected chi connectivity index (χ4v) is 3.69. The molecule has 0 radical (unpaired) electrons. The van der Waals surface area contributed by atoms with E-state index in [-0.39, 0.29) is 23.1 Å². The van der Waals surface area contributed by atoms with Crippen molar-refractivity contribution in [3.8, 4) is 0 Å². The summed E-state index contributed by atoms with van der Waals surface area (Å²) in [5.41, 5.74) is -0.747. The molecule has 1 saturated heterocycles. The van der Waals surface area contributed by atoms with E-state index in [1.807, 2.05) is 0 Å². The monoisotopic (exact) mass is 318 g/mol. The highest BCUT2D eigenvalue weighted by atomic mass is 32.2. The molecule has 1 aromatic rings. The standard InChI is InChI=1S/C12H15FN2O5S/c1-8-5-10(13)11(15(16)17)6-12(8)21(18,19)14-9-3-2-4-20-7-9/h5-6,9,14H,2-4,7H2,1H3. The van der Waals surface area contributed by atoms with Gasteiger partial charge in [0, 0.05) is 18.7 Å². The molecule has 2 rings (SSSR count). The first kappa shape index (κ1) is 15.8. The van der Waals surface area contributed by atoms with Crippen molar-refractivity contribution in [3.63, 3.8) is 0 Å². The van der Waals surface area contributed by atoms with Crippen molar-refractivity contribution < 1.29 is 22.5 Å². The van der Waals surface area contributed by atoms with Gasteiger partial charge in [-0.15, -0.1) is 0 Å². The van der Waals surface area contributed by atoms with Gasteiger partial charge in [0.2, 0.25) is 15.8 Å². The highest BCUT2D eigenvalue weighted by molar-refractivity contribution is 7.89. The van der Waals surface area contributed by atoms with Crippen LogP contribution in [0, 0.1) is 22.9 Å². The van der Waals surface area contributed by atoms with Crippen LogP contribution < -0.4 is 4.72 Å². The van der Waals surface area contributed by atoms with Crippen molar-refractivity contribution in [1.82, 2.24) is 4.72 Å². The summed E-state index contributed by atoms with van der Waals surface area (Å²) in [6.07, 6.45) is 1.36. The van der Waals surface area contributed by atoms with Crippen molar-refractivity contribution in [2.45, 2.75) is 30.7 Å². The Morgan fingerprint density at radius 1 is 1.48 bits per heavy atom. The molecule has 0 aliphatic carbocycles. The molecule has 0 spiro atoms. The molecule has 1 unspecified atom stereocenters. The number of benzene rings is 1. The van der Waals surface area contributed by atoms with E-state index in [0.29, 0.717) is 13.0 Å². The van der Waals surface area contributed by atoms with E-state index in [9.17, 15) is 22.9 Å². The number of nitrogens with zero attached hydrogens (tertiary/aromatic N) is 1. The quantitative estimate of drug-likeness (QED) is 0.670. The first-order valence-electron chi connectivity index (χ1n) is 6.36. The van der Waals surface area contributed by atoms with Crippen molar-refractivity contribution in [2.75, 3.05) is 13.2 Å². The van der Waals surface area contributed by atoms with Gasteiger partial charge in [0.25, 0.3) is 0 Å². The fraction of sp³-hybridized carbons (Fsp3) is 0.500. The van der Waals surface area contributed by atoms with Gasteiger partial charge in [-0.1, -0.05) is 0 Å². The molecule has 0 aromatic heterocycles. The lowest BCUT2D eigenvalue weighted by atomic mass is 10.1. The molecule has 9 heteroatoms. The molecule has 1 aromatic carbocycles. The number of rotatable bonds is 4. The summed E-state index contributed by atoms with van der Waals surface area (Å²) in [6.45, 7) is 2.22. The van der Waals surface area contributed by atoms with E-state index in [1.54, 1.807) is 0 Å². The Morgan fingerprint density at radius 3 is 2.76 bits per heavy atom. The number of hydrogen-bond donors (Lipinski definition) is 1. The minimum absolute atomic E-state index is 0.113. The van der Waals surface area contributed by atoms with Crippen LogP contribution in [0.3, 0.4) is 0 Å². The van der Waals surface area contributed by atoms with Crippen LogP contribution in [0.2, 0.25) is 0 Å². The molecule has 1 N–H and O–H groups in total. The zero-order chi connectivity index (χ0) is 15.6. The number of nitrogens with one attached hydrogen (secondary N) is 1. The minimum Gasteiger partial charge on any atom is -0.380 e. The maximum absolute atomic E-state index is 13.5. The number of aryl methyl sites for hydroxylation is 1. The molecular weight excluding hydrogens is 303 g/mol. The van der Waals surface area contributed by atoms with Crippen LogP contribution in [0.25, 0.3) is 0 Å². The molecule has 7 nitrogen and oxygen atoms in total. The molecule has 1 aliphatic rings. The smallest absolute Gasteiger partial charge is 0.306 e. The lowest BCUT2D eigenvalue weighted by molar-refractivity contribution is -0.387. The predicted octanol–water partition coefficient (Wildman–Crippen LogP) is 1.50. The highest BCUT2D eigenvalue weighted by Crippen LogP contribution is 2.25. The highest BCUT2D eigenvalue weighted by Gasteiger charge is 2.27. The Labute approximate surface area is 121 Å². The number of sulfonamides is 1. The zero-order valence-corrected chi connectivity index (χ0v) is 12.2. The first-order valence-corrected chi connectivity index (χ1v) is 7.84. The second-order valence-electron chi connectivity index (χ2n) is 4.86. The summed E-state index contributed by atoms with van der Waals surface area (Å²) >= 11 is 0. The van der Waals surface area contributed by atoms with Gasteiger partial charge in [-0.05, 0) is 31.4 Å². The van der Waals surface area contributed by atoms with Crippen molar-refractivity contribution >= 4 is 15.7 Å². The fourth-order valence-electron chi connectivity index (χ4n) is 2.19. The largest absolute Gasteiger partial charge is 0.380 e. The zero-order valence-electron chi connectivity index (χ0n) is 11.3. The lowest BCUT2D eigenvalue weighted by Gasteiger charge is -2.23. The Bertz CT molecular complexity index is 656. The third kappa shape index (κ3) is 3.55. The topological polar surface area (TPSA) is 98.5 Å². The normalized spacial score (nSPS) is 19.4. The molecule has 0 saturated carbocycles. The van der Waals surface area contributed by atoms with Crippen LogP contribution in [-0.4, -0.2) is 32.6 Å². The van der Waals surface area contributed by atoms with E-state index in [0.717, 1.165) is 18.6 Å². The Morgan fingerprint density at radius 2 is 2.19 bits per heavy atom. The first-order chi connectivity index (χ1) is 9.81. The molecule has 1 aliphatic heterocycles. The molecule has 1 heterocycles. The molecule has 1 fully saturated rings. The molecule has 0 amide bonds. The summed E-state index contributed by atoms with van der Waals surface area (Å²) in [6, 6.07) is 1.22. The lowest BCUT2D eigenvalue weighted by Crippen LogP contribution is -2.40. The van der Waals surface area contributed by atoms with Gasteiger partial charge in [0.15, 0.2) is 0 Å². The molecule has 0 bridgehead atoms. The van der Waals surface area contributed by atoms with Crippen molar-refractivity contribution in [3.05, 3.63) is 33.6 Å². The van der Waals surface area contributed by atoms with Crippen LogP contribution >= 0.6 is 0 Å². The van der Waals surface area contributed by atoms with E-state index >= 15 is 0 Å². The van der Waals surface area contributed by atoms with Gasteiger partial charge in [-0.25, -0.2) is 13.1 Å². The number of nitro groups is 1. The summed E-state index contributed by atoms with van der Waals surface area (Å²) in [7, 11) is -3.96. The minimum atomic E-state index is -3.96. The summed E-state index contributed by atoms with van der Waals surface area (Å²) in [4.78, 5) is 9.50. The van der Waals surface area contributed by atoms with E-state index in [4.69, 9.17) is 4.74 Å². The van der Waals surface area contributed by atoms with Crippen LogP contribution in [0.15, 0.2) is 17.0 Å². The van der Waals surface area contributed by atoms with Crippen LogP contribution in [0.5, 0.6) is 0 Å². The van der Waals surface area contributed by atoms with Gasteiger partial charge in [-0.3, -0.25) is 10.1 Å². The average molecular weight is 318 g/mol. The number of nitro benzene ring substituents is 1. The maximum Gasteiger partial charge on any atom is 0.306 e. The maximum atomic E-state index is 13.5. The predicted molar refractivity (Wildman–Crippen MR) is 72.0 cm³/mol. The molecule has 21 heavy (non-hydrogen) atoms. The average Bonchev–Trinajstić information content (AvgIpc) is 2.38. The Hall–Kier alpha value is -1.58. The summed E-state index contributed by atoms with van der Waals surface area (Å²) in [5, 5.41) is 10.7. The SMILES string of the molecule is Cc1cc(F)c([N+](=O)[O-])cc1S(=O)(=O)NC1CCCOC1. The second-order valence-corrected chi connectivity index (χ2v) is 6.54. The third-order valence-corrected chi connectivity index (χ3v) is 4.88. The Kier molecular flexibility index (Phi) is 4.55. The molecule has 116 valence electrons. The van der Waals surface area contributed by atoms with Gasteiger partial charge >= 0.3 is 5.69 Å². The second kappa shape index (κ2) is 6.04. The third-order valence-electron chi connectivity index (χ3n) is 3.21. The summed E-state index contributed by atoms with van der Waals surface area (Å²) < 4.78 is 45.7. The van der Waals surface area contributed by atoms with Crippen LogP contribution in [0.1, 0.15) is 18.4 Å². The van der Waals surface area contributed by atoms with Gasteiger partial charge in [-0.2, -0.15) is 4.39 Å². The van der Waals surface area contributed by atoms with Gasteiger partial charge in [0.05, 0.1) is 16.4 Å². The number of halogens is 1. The number of ether oxygens (including phenoxy) is 1. The van der Waals surface area contributed by atoms with Gasteiger partial charge < -0.3 is 4.74 Å².